The van der Waals surface area contributed by atoms with Gasteiger partial charge in [-0.15, -0.1) is 0 Å². The minimum absolute atomic E-state index is 0.131. The lowest BCUT2D eigenvalue weighted by molar-refractivity contribution is 0.483. The minimum atomic E-state index is -4.32. The molecule has 0 atom stereocenters. The second-order valence-corrected chi connectivity index (χ2v) is 19.4. The lowest BCUT2D eigenvalue weighted by Gasteiger charge is -2.34. The Balaban J connectivity index is 2.45. The van der Waals surface area contributed by atoms with Gasteiger partial charge in [0.05, 0.1) is 4.90 Å². The van der Waals surface area contributed by atoms with Gasteiger partial charge in [-0.2, -0.15) is 8.42 Å². The smallest absolute Gasteiger partial charge is 0.282 e. The molecule has 0 radical (unpaired) electrons. The normalized spacial score (nSPS) is 12.7. The van der Waals surface area contributed by atoms with Crippen molar-refractivity contribution in [2.45, 2.75) is 6.78 Å². The Bertz CT molecular complexity index is 997. The molecule has 0 aliphatic carbocycles. The molecule has 0 spiro atoms. The Morgan fingerprint density at radius 3 is 1.56 bits per heavy atom. The number of rotatable bonds is 4. The molecule has 0 saturated heterocycles. The van der Waals surface area contributed by atoms with Gasteiger partial charge in [-0.3, -0.25) is 4.55 Å². The summed E-state index contributed by atoms with van der Waals surface area (Å²) in [6, 6.07) is 26.3. The molecule has 0 fully saturated rings. The summed E-state index contributed by atoms with van der Waals surface area (Å²) < 4.78 is 32.4. The van der Waals surface area contributed by atoms with Crippen molar-refractivity contribution in [1.82, 2.24) is 0 Å². The fourth-order valence-corrected chi connectivity index (χ4v) is 12.8. The molecule has 8 heteroatoms. The summed E-state index contributed by atoms with van der Waals surface area (Å²) in [5, 5.41) is 2.87. The topological polar surface area (TPSA) is 54.4 Å². The molecule has 0 aliphatic rings. The van der Waals surface area contributed by atoms with Gasteiger partial charge in [0.1, 0.15) is 15.9 Å². The standard InChI is InChI=1S/C19H14Br3O3PS/c20-19(21,22)26(15-8-3-1-4-9-15,16-10-5-2-6-11-16)17-12-7-13-18(14-17)27(23,24)25/h1-14H/p+1. The number of benzene rings is 3. The highest BCUT2D eigenvalue weighted by atomic mass is 80.0. The van der Waals surface area contributed by atoms with Crippen molar-refractivity contribution in [2.24, 2.45) is 0 Å². The zero-order chi connectivity index (χ0) is 19.7. The Labute approximate surface area is 184 Å². The number of halogens is 3. The van der Waals surface area contributed by atoms with Crippen LogP contribution in [0.2, 0.25) is 0 Å². The first kappa shape index (κ1) is 21.2. The maximum absolute atomic E-state index is 11.8. The molecule has 0 amide bonds. The quantitative estimate of drug-likeness (QED) is 0.263. The van der Waals surface area contributed by atoms with E-state index in [1.54, 1.807) is 12.1 Å². The van der Waals surface area contributed by atoms with Crippen molar-refractivity contribution in [3.05, 3.63) is 84.9 Å². The average molecular weight is 594 g/mol. The first-order chi connectivity index (χ1) is 12.7. The molecule has 3 aromatic rings. The van der Waals surface area contributed by atoms with Gasteiger partial charge in [-0.05, 0) is 84.2 Å². The maximum atomic E-state index is 11.8. The van der Waals surface area contributed by atoms with Crippen molar-refractivity contribution >= 4 is 81.1 Å². The summed E-state index contributed by atoms with van der Waals surface area (Å²) in [4.78, 5) is -0.131. The van der Waals surface area contributed by atoms with Crippen LogP contribution in [0.5, 0.6) is 0 Å². The van der Waals surface area contributed by atoms with Gasteiger partial charge in [0.25, 0.3) is 12.0 Å². The predicted molar refractivity (Wildman–Crippen MR) is 124 cm³/mol. The Hall–Kier alpha value is -0.560. The first-order valence-electron chi connectivity index (χ1n) is 7.82. The lowest BCUT2D eigenvalue weighted by Crippen LogP contribution is -2.38. The van der Waals surface area contributed by atoms with Crippen LogP contribution in [-0.2, 0) is 10.1 Å². The van der Waals surface area contributed by atoms with E-state index in [0.717, 1.165) is 15.9 Å². The molecular weight excluding hydrogens is 579 g/mol. The van der Waals surface area contributed by atoms with Gasteiger partial charge >= 0.3 is 0 Å². The highest BCUT2D eigenvalue weighted by Crippen LogP contribution is 2.74. The highest BCUT2D eigenvalue weighted by Gasteiger charge is 2.60. The zero-order valence-electron chi connectivity index (χ0n) is 13.8. The molecule has 27 heavy (non-hydrogen) atoms. The van der Waals surface area contributed by atoms with Crippen LogP contribution in [0, 0.1) is 0 Å². The second-order valence-electron chi connectivity index (χ2n) is 5.78. The molecule has 0 bridgehead atoms. The van der Waals surface area contributed by atoms with E-state index in [2.05, 4.69) is 47.8 Å². The van der Waals surface area contributed by atoms with Crippen LogP contribution in [0.3, 0.4) is 0 Å². The van der Waals surface area contributed by atoms with Crippen LogP contribution in [-0.4, -0.2) is 14.9 Å². The molecule has 140 valence electrons. The molecule has 0 saturated carbocycles. The van der Waals surface area contributed by atoms with Crippen LogP contribution in [0.25, 0.3) is 0 Å². The fourth-order valence-electron chi connectivity index (χ4n) is 3.04. The van der Waals surface area contributed by atoms with Crippen molar-refractivity contribution < 1.29 is 13.0 Å². The molecule has 1 N–H and O–H groups in total. The number of hydrogen-bond acceptors (Lipinski definition) is 2. The third-order valence-corrected chi connectivity index (χ3v) is 13.8. The maximum Gasteiger partial charge on any atom is 0.294 e. The third kappa shape index (κ3) is 4.09. The van der Waals surface area contributed by atoms with Crippen molar-refractivity contribution in [3.8, 4) is 0 Å². The lowest BCUT2D eigenvalue weighted by atomic mass is 10.3. The molecule has 3 rings (SSSR count). The fraction of sp³-hybridized carbons (Fsp3) is 0.0526. The van der Waals surface area contributed by atoms with E-state index in [4.69, 9.17) is 0 Å². The van der Waals surface area contributed by atoms with E-state index in [1.165, 1.54) is 6.07 Å². The van der Waals surface area contributed by atoms with Gasteiger partial charge in [0.15, 0.2) is 7.26 Å². The van der Waals surface area contributed by atoms with Crippen LogP contribution in [0.4, 0.5) is 0 Å². The summed E-state index contributed by atoms with van der Waals surface area (Å²) in [5.41, 5.74) is 0. The van der Waals surface area contributed by atoms with E-state index in [-0.39, 0.29) is 4.90 Å². The largest absolute Gasteiger partial charge is 0.294 e. The SMILES string of the molecule is O=S(=O)(O)c1cccc([P+](c2ccccc2)(c2ccccc2)C(Br)(Br)Br)c1. The van der Waals surface area contributed by atoms with E-state index in [0.29, 0.717) is 0 Å². The van der Waals surface area contributed by atoms with E-state index >= 15 is 0 Å². The minimum Gasteiger partial charge on any atom is -0.282 e. The van der Waals surface area contributed by atoms with E-state index in [1.807, 2.05) is 66.7 Å². The summed E-state index contributed by atoms with van der Waals surface area (Å²) >= 11 is 11.3. The monoisotopic (exact) mass is 591 g/mol. The van der Waals surface area contributed by atoms with Crippen molar-refractivity contribution in [1.29, 1.82) is 0 Å². The Kier molecular flexibility index (Phi) is 6.31. The van der Waals surface area contributed by atoms with Gasteiger partial charge in [-0.25, -0.2) is 0 Å². The average Bonchev–Trinajstić information content (AvgIpc) is 2.63. The summed E-state index contributed by atoms with van der Waals surface area (Å²) in [6.45, 7) is 0. The number of alkyl halides is 3. The second kappa shape index (κ2) is 8.05. The Morgan fingerprint density at radius 2 is 1.15 bits per heavy atom. The highest BCUT2D eigenvalue weighted by molar-refractivity contribution is 9.42. The third-order valence-electron chi connectivity index (χ3n) is 4.17. The summed E-state index contributed by atoms with van der Waals surface area (Å²) in [7, 11) is -6.78. The van der Waals surface area contributed by atoms with Crippen LogP contribution in [0.15, 0.2) is 89.8 Å². The summed E-state index contributed by atoms with van der Waals surface area (Å²) in [5.74, 6) is 0. The van der Waals surface area contributed by atoms with Gasteiger partial charge in [0, 0.05) is 6.07 Å². The van der Waals surface area contributed by atoms with Crippen LogP contribution < -0.4 is 15.9 Å². The predicted octanol–water partition coefficient (Wildman–Crippen LogP) is 5.02. The molecule has 3 nitrogen and oxygen atoms in total. The molecule has 0 aliphatic heterocycles. The molecule has 0 aromatic heterocycles. The zero-order valence-corrected chi connectivity index (χ0v) is 20.3. The Morgan fingerprint density at radius 1 is 0.704 bits per heavy atom. The van der Waals surface area contributed by atoms with Gasteiger partial charge < -0.3 is 0 Å². The van der Waals surface area contributed by atoms with Gasteiger partial charge in [0.2, 0.25) is 0 Å². The first-order valence-corrected chi connectivity index (χ1v) is 13.4. The molecular formula is C19H15Br3O3PS+. The molecule has 0 heterocycles. The van der Waals surface area contributed by atoms with E-state index in [9.17, 15) is 13.0 Å². The van der Waals surface area contributed by atoms with Gasteiger partial charge in [-0.1, -0.05) is 42.5 Å². The molecule has 0 unspecified atom stereocenters. The summed E-state index contributed by atoms with van der Waals surface area (Å²) in [6.07, 6.45) is 0. The van der Waals surface area contributed by atoms with Crippen molar-refractivity contribution in [3.63, 3.8) is 0 Å². The van der Waals surface area contributed by atoms with Crippen molar-refractivity contribution in [2.75, 3.05) is 0 Å². The van der Waals surface area contributed by atoms with Crippen LogP contribution >= 0.6 is 55.1 Å². The van der Waals surface area contributed by atoms with E-state index < -0.39 is 19.3 Å². The number of hydrogen-bond donors (Lipinski definition) is 1. The van der Waals surface area contributed by atoms with Crippen LogP contribution in [0.1, 0.15) is 0 Å². The molecule has 3 aromatic carbocycles.